The summed E-state index contributed by atoms with van der Waals surface area (Å²) in [5.74, 6) is 0.0259. The van der Waals surface area contributed by atoms with Gasteiger partial charge in [0, 0.05) is 6.54 Å². The van der Waals surface area contributed by atoms with E-state index in [2.05, 4.69) is 5.32 Å². The standard InChI is InChI=1S/C22H23N3O2S/c1-14-8-7-9-15(2)19(14)25-21(27)16-10-3-4-11-17(16)24-22(25)28-18-12-5-6-13-23-20(18)26/h3-4,7-11,18H,5-6,12-13H2,1-2H3,(H,23,26)/t18-/m0/s1. The molecule has 1 amide bonds. The lowest BCUT2D eigenvalue weighted by Crippen LogP contribution is -2.32. The van der Waals surface area contributed by atoms with Crippen molar-refractivity contribution in [3.05, 3.63) is 63.9 Å². The van der Waals surface area contributed by atoms with Gasteiger partial charge in [0.15, 0.2) is 5.16 Å². The molecule has 28 heavy (non-hydrogen) atoms. The highest BCUT2D eigenvalue weighted by molar-refractivity contribution is 8.00. The van der Waals surface area contributed by atoms with Gasteiger partial charge >= 0.3 is 0 Å². The summed E-state index contributed by atoms with van der Waals surface area (Å²) in [4.78, 5) is 30.8. The van der Waals surface area contributed by atoms with Crippen LogP contribution in [0.3, 0.4) is 0 Å². The third-order valence-corrected chi connectivity index (χ3v) is 6.36. The minimum Gasteiger partial charge on any atom is -0.355 e. The lowest BCUT2D eigenvalue weighted by molar-refractivity contribution is -0.120. The molecular formula is C22H23N3O2S. The number of amides is 1. The Bertz CT molecular complexity index is 1090. The molecule has 0 radical (unpaired) electrons. The second kappa shape index (κ2) is 7.80. The maximum absolute atomic E-state index is 13.5. The van der Waals surface area contributed by atoms with Crippen LogP contribution in [-0.2, 0) is 4.79 Å². The fraction of sp³-hybridized carbons (Fsp3) is 0.318. The topological polar surface area (TPSA) is 64.0 Å². The maximum Gasteiger partial charge on any atom is 0.266 e. The first-order valence-corrected chi connectivity index (χ1v) is 10.5. The number of hydrogen-bond acceptors (Lipinski definition) is 4. The van der Waals surface area contributed by atoms with Gasteiger partial charge in [-0.15, -0.1) is 0 Å². The van der Waals surface area contributed by atoms with Crippen molar-refractivity contribution in [2.45, 2.75) is 43.5 Å². The van der Waals surface area contributed by atoms with E-state index in [0.717, 1.165) is 36.1 Å². The van der Waals surface area contributed by atoms with Crippen LogP contribution < -0.4 is 10.9 Å². The molecule has 2 aromatic carbocycles. The number of para-hydroxylation sites is 2. The molecule has 0 bridgehead atoms. The largest absolute Gasteiger partial charge is 0.355 e. The van der Waals surface area contributed by atoms with Crippen LogP contribution in [0, 0.1) is 13.8 Å². The number of thioether (sulfide) groups is 1. The van der Waals surface area contributed by atoms with Crippen molar-refractivity contribution in [3.8, 4) is 5.69 Å². The summed E-state index contributed by atoms with van der Waals surface area (Å²) in [6, 6.07) is 13.4. The molecule has 5 nitrogen and oxygen atoms in total. The van der Waals surface area contributed by atoms with Gasteiger partial charge in [-0.1, -0.05) is 48.5 Å². The Morgan fingerprint density at radius 1 is 1.04 bits per heavy atom. The van der Waals surface area contributed by atoms with Crippen LogP contribution in [0.4, 0.5) is 0 Å². The molecule has 3 aromatic rings. The molecule has 0 unspecified atom stereocenters. The first-order chi connectivity index (χ1) is 13.6. The van der Waals surface area contributed by atoms with Crippen molar-refractivity contribution in [2.75, 3.05) is 6.54 Å². The number of nitrogens with one attached hydrogen (secondary N) is 1. The van der Waals surface area contributed by atoms with Gasteiger partial charge in [0.05, 0.1) is 21.8 Å². The number of nitrogens with zero attached hydrogens (tertiary/aromatic N) is 2. The van der Waals surface area contributed by atoms with E-state index < -0.39 is 0 Å². The molecular weight excluding hydrogens is 370 g/mol. The molecule has 1 saturated heterocycles. The van der Waals surface area contributed by atoms with Gasteiger partial charge < -0.3 is 5.32 Å². The summed E-state index contributed by atoms with van der Waals surface area (Å²) in [5.41, 5.74) is 3.42. The third-order valence-electron chi connectivity index (χ3n) is 5.14. The number of hydrogen-bond donors (Lipinski definition) is 1. The minimum absolute atomic E-state index is 0.0259. The molecule has 0 saturated carbocycles. The van der Waals surface area contributed by atoms with Crippen LogP contribution in [0.2, 0.25) is 0 Å². The number of carbonyl (C=O) groups is 1. The average molecular weight is 394 g/mol. The second-order valence-corrected chi connectivity index (χ2v) is 8.36. The predicted octanol–water partition coefficient (Wildman–Crippen LogP) is 3.76. The quantitative estimate of drug-likeness (QED) is 0.688. The first-order valence-electron chi connectivity index (χ1n) is 9.59. The molecule has 1 aliphatic heterocycles. The molecule has 2 heterocycles. The van der Waals surface area contributed by atoms with E-state index in [1.165, 1.54) is 11.8 Å². The van der Waals surface area contributed by atoms with Crippen molar-refractivity contribution in [1.29, 1.82) is 0 Å². The Morgan fingerprint density at radius 3 is 2.57 bits per heavy atom. The molecule has 144 valence electrons. The van der Waals surface area contributed by atoms with Crippen LogP contribution in [0.15, 0.2) is 52.4 Å². The summed E-state index contributed by atoms with van der Waals surface area (Å²) in [5, 5.41) is 3.88. The van der Waals surface area contributed by atoms with Crippen molar-refractivity contribution in [1.82, 2.24) is 14.9 Å². The van der Waals surface area contributed by atoms with E-state index in [4.69, 9.17) is 4.98 Å². The van der Waals surface area contributed by atoms with E-state index in [-0.39, 0.29) is 16.7 Å². The summed E-state index contributed by atoms with van der Waals surface area (Å²) in [6.45, 7) is 4.71. The van der Waals surface area contributed by atoms with Crippen LogP contribution in [0.1, 0.15) is 30.4 Å². The van der Waals surface area contributed by atoms with Crippen LogP contribution in [-0.4, -0.2) is 27.3 Å². The fourth-order valence-corrected chi connectivity index (χ4v) is 4.86. The van der Waals surface area contributed by atoms with Crippen molar-refractivity contribution in [3.63, 3.8) is 0 Å². The Kier molecular flexibility index (Phi) is 5.22. The van der Waals surface area contributed by atoms with Crippen molar-refractivity contribution >= 4 is 28.6 Å². The zero-order chi connectivity index (χ0) is 19.7. The Balaban J connectivity index is 1.94. The highest BCUT2D eigenvalue weighted by Gasteiger charge is 2.25. The lowest BCUT2D eigenvalue weighted by atomic mass is 10.1. The van der Waals surface area contributed by atoms with Crippen LogP contribution in [0.5, 0.6) is 0 Å². The van der Waals surface area contributed by atoms with E-state index >= 15 is 0 Å². The number of aryl methyl sites for hydroxylation is 2. The fourth-order valence-electron chi connectivity index (χ4n) is 3.70. The molecule has 6 heteroatoms. The van der Waals surface area contributed by atoms with E-state index in [9.17, 15) is 9.59 Å². The minimum atomic E-state index is -0.244. The van der Waals surface area contributed by atoms with Crippen LogP contribution in [0.25, 0.3) is 16.6 Å². The highest BCUT2D eigenvalue weighted by Crippen LogP contribution is 2.30. The molecule has 1 fully saturated rings. The summed E-state index contributed by atoms with van der Waals surface area (Å²) >= 11 is 1.39. The third kappa shape index (κ3) is 3.44. The van der Waals surface area contributed by atoms with E-state index in [1.54, 1.807) is 4.57 Å². The number of rotatable bonds is 3. The zero-order valence-electron chi connectivity index (χ0n) is 16.1. The monoisotopic (exact) mass is 393 g/mol. The number of fused-ring (bicyclic) bond motifs is 1. The zero-order valence-corrected chi connectivity index (χ0v) is 16.9. The van der Waals surface area contributed by atoms with Gasteiger partial charge in [-0.05, 0) is 49.9 Å². The Hall–Kier alpha value is -2.60. The van der Waals surface area contributed by atoms with Gasteiger partial charge in [0.1, 0.15) is 0 Å². The predicted molar refractivity (Wildman–Crippen MR) is 113 cm³/mol. The SMILES string of the molecule is Cc1cccc(C)c1-n1c(S[C@H]2CCCCNC2=O)nc2ccccc2c1=O. The number of carbonyl (C=O) groups excluding carboxylic acids is 1. The van der Waals surface area contributed by atoms with E-state index in [0.29, 0.717) is 22.6 Å². The Labute approximate surface area is 168 Å². The highest BCUT2D eigenvalue weighted by atomic mass is 32.2. The number of benzene rings is 2. The van der Waals surface area contributed by atoms with Gasteiger partial charge in [-0.2, -0.15) is 0 Å². The molecule has 0 aliphatic carbocycles. The Morgan fingerprint density at radius 2 is 1.79 bits per heavy atom. The van der Waals surface area contributed by atoms with Crippen LogP contribution >= 0.6 is 11.8 Å². The molecule has 1 aliphatic rings. The van der Waals surface area contributed by atoms with E-state index in [1.807, 2.05) is 56.3 Å². The second-order valence-electron chi connectivity index (χ2n) is 7.19. The lowest BCUT2D eigenvalue weighted by Gasteiger charge is -2.19. The van der Waals surface area contributed by atoms with Gasteiger partial charge in [0.2, 0.25) is 5.91 Å². The average Bonchev–Trinajstić information content (AvgIpc) is 2.88. The smallest absolute Gasteiger partial charge is 0.266 e. The summed E-state index contributed by atoms with van der Waals surface area (Å²) in [7, 11) is 0. The van der Waals surface area contributed by atoms with Crippen molar-refractivity contribution < 1.29 is 4.79 Å². The van der Waals surface area contributed by atoms with Gasteiger partial charge in [-0.3, -0.25) is 14.2 Å². The van der Waals surface area contributed by atoms with Gasteiger partial charge in [0.25, 0.3) is 5.56 Å². The summed E-state index contributed by atoms with van der Waals surface area (Å²) < 4.78 is 1.69. The molecule has 0 spiro atoms. The molecule has 1 N–H and O–H groups in total. The maximum atomic E-state index is 13.5. The van der Waals surface area contributed by atoms with Gasteiger partial charge in [-0.25, -0.2) is 4.98 Å². The summed E-state index contributed by atoms with van der Waals surface area (Å²) in [6.07, 6.45) is 2.75. The molecule has 1 aromatic heterocycles. The first kappa shape index (κ1) is 18.7. The number of aromatic nitrogens is 2. The van der Waals surface area contributed by atoms with Crippen molar-refractivity contribution in [2.24, 2.45) is 0 Å². The molecule has 1 atom stereocenters. The molecule has 4 rings (SSSR count). The normalized spacial score (nSPS) is 17.4.